The van der Waals surface area contributed by atoms with Crippen molar-refractivity contribution >= 4 is 11.5 Å². The van der Waals surface area contributed by atoms with E-state index in [1.807, 2.05) is 24.4 Å². The number of piperidine rings is 1. The molecule has 1 N–H and O–H groups in total. The lowest BCUT2D eigenvalue weighted by molar-refractivity contribution is 0.157. The fourth-order valence-electron chi connectivity index (χ4n) is 3.09. The summed E-state index contributed by atoms with van der Waals surface area (Å²) in [5.74, 6) is 0.906. The number of nitrogens with zero attached hydrogens (tertiary/aromatic N) is 2. The van der Waals surface area contributed by atoms with Crippen LogP contribution in [-0.4, -0.2) is 23.0 Å². The van der Waals surface area contributed by atoms with Gasteiger partial charge >= 0.3 is 0 Å². The van der Waals surface area contributed by atoms with E-state index in [2.05, 4.69) is 46.4 Å². The Balaban J connectivity index is 1.71. The Kier molecular flexibility index (Phi) is 4.51. The summed E-state index contributed by atoms with van der Waals surface area (Å²) in [4.78, 5) is 7.14. The summed E-state index contributed by atoms with van der Waals surface area (Å²) in [6, 6.07) is 15.0. The number of nitrogens with one attached hydrogen (secondary N) is 1. The highest BCUT2D eigenvalue weighted by molar-refractivity contribution is 5.55. The van der Waals surface area contributed by atoms with Gasteiger partial charge in [-0.2, -0.15) is 0 Å². The molecule has 1 aliphatic heterocycles. The van der Waals surface area contributed by atoms with Crippen LogP contribution in [0.3, 0.4) is 0 Å². The van der Waals surface area contributed by atoms with Crippen LogP contribution in [0.4, 0.5) is 11.5 Å². The van der Waals surface area contributed by atoms with Crippen molar-refractivity contribution in [3.05, 3.63) is 54.2 Å². The molecule has 0 saturated carbocycles. The van der Waals surface area contributed by atoms with E-state index in [4.69, 9.17) is 0 Å². The van der Waals surface area contributed by atoms with Crippen LogP contribution in [0.1, 0.15) is 37.8 Å². The predicted molar refractivity (Wildman–Crippen MR) is 87.8 cm³/mol. The van der Waals surface area contributed by atoms with Crippen LogP contribution in [0.15, 0.2) is 48.7 Å². The molecule has 0 bridgehead atoms. The summed E-state index contributed by atoms with van der Waals surface area (Å²) in [5, 5.41) is 3.33. The SMILES string of the molecule is CCN1CCCC[C@H]1c1ccc(Nc2ccccc2)nc1. The minimum absolute atomic E-state index is 0.544. The summed E-state index contributed by atoms with van der Waals surface area (Å²) in [5.41, 5.74) is 2.42. The van der Waals surface area contributed by atoms with Crippen molar-refractivity contribution in [3.8, 4) is 0 Å². The zero-order valence-corrected chi connectivity index (χ0v) is 12.6. The van der Waals surface area contributed by atoms with Crippen LogP contribution >= 0.6 is 0 Å². The summed E-state index contributed by atoms with van der Waals surface area (Å²) in [7, 11) is 0. The highest BCUT2D eigenvalue weighted by atomic mass is 15.2. The van der Waals surface area contributed by atoms with Gasteiger partial charge in [-0.15, -0.1) is 0 Å². The van der Waals surface area contributed by atoms with Crippen molar-refractivity contribution in [3.63, 3.8) is 0 Å². The van der Waals surface area contributed by atoms with Crippen molar-refractivity contribution in [2.75, 3.05) is 18.4 Å². The third kappa shape index (κ3) is 3.42. The van der Waals surface area contributed by atoms with E-state index < -0.39 is 0 Å². The predicted octanol–water partition coefficient (Wildman–Crippen LogP) is 4.37. The molecule has 1 aliphatic rings. The molecule has 2 aromatic rings. The van der Waals surface area contributed by atoms with Crippen LogP contribution in [0.2, 0.25) is 0 Å². The second kappa shape index (κ2) is 6.72. The molecule has 1 aromatic carbocycles. The average molecular weight is 281 g/mol. The Labute approximate surface area is 127 Å². The van der Waals surface area contributed by atoms with Gasteiger partial charge in [0.2, 0.25) is 0 Å². The Morgan fingerprint density at radius 1 is 1.14 bits per heavy atom. The number of benzene rings is 1. The first-order valence-electron chi connectivity index (χ1n) is 7.89. The maximum Gasteiger partial charge on any atom is 0.130 e. The van der Waals surface area contributed by atoms with Gasteiger partial charge in [-0.3, -0.25) is 4.90 Å². The van der Waals surface area contributed by atoms with Crippen molar-refractivity contribution in [2.45, 2.75) is 32.2 Å². The van der Waals surface area contributed by atoms with Gasteiger partial charge in [0.15, 0.2) is 0 Å². The molecule has 0 unspecified atom stereocenters. The molecule has 3 rings (SSSR count). The molecule has 1 fully saturated rings. The van der Waals surface area contributed by atoms with E-state index >= 15 is 0 Å². The van der Waals surface area contributed by atoms with Crippen LogP contribution in [0, 0.1) is 0 Å². The van der Waals surface area contributed by atoms with Crippen LogP contribution < -0.4 is 5.32 Å². The molecular weight excluding hydrogens is 258 g/mol. The molecule has 1 atom stereocenters. The quantitative estimate of drug-likeness (QED) is 0.902. The van der Waals surface area contributed by atoms with E-state index in [0.717, 1.165) is 18.1 Å². The second-order valence-corrected chi connectivity index (χ2v) is 5.61. The lowest BCUT2D eigenvalue weighted by Gasteiger charge is -2.35. The molecule has 1 saturated heterocycles. The molecule has 0 amide bonds. The number of hydrogen-bond acceptors (Lipinski definition) is 3. The first-order chi connectivity index (χ1) is 10.4. The van der Waals surface area contributed by atoms with Gasteiger partial charge in [-0.05, 0) is 49.7 Å². The standard InChI is InChI=1S/C18H23N3/c1-2-21-13-7-6-10-17(21)15-11-12-18(19-14-15)20-16-8-4-3-5-9-16/h3-5,8-9,11-12,14,17H,2,6-7,10,13H2,1H3,(H,19,20)/t17-/m0/s1. The number of anilines is 2. The summed E-state index contributed by atoms with van der Waals surface area (Å²) in [6.45, 7) is 4.58. The number of likely N-dealkylation sites (tertiary alicyclic amines) is 1. The second-order valence-electron chi connectivity index (χ2n) is 5.61. The topological polar surface area (TPSA) is 28.2 Å². The van der Waals surface area contributed by atoms with Crippen molar-refractivity contribution in [2.24, 2.45) is 0 Å². The van der Waals surface area contributed by atoms with E-state index in [1.165, 1.54) is 31.4 Å². The normalized spacial score (nSPS) is 19.4. The minimum atomic E-state index is 0.544. The molecule has 3 nitrogen and oxygen atoms in total. The Morgan fingerprint density at radius 2 is 2.00 bits per heavy atom. The van der Waals surface area contributed by atoms with Crippen molar-refractivity contribution in [1.29, 1.82) is 0 Å². The first kappa shape index (κ1) is 14.1. The van der Waals surface area contributed by atoms with Crippen LogP contribution in [-0.2, 0) is 0 Å². The van der Waals surface area contributed by atoms with Gasteiger partial charge in [0, 0.05) is 17.9 Å². The molecule has 0 radical (unpaired) electrons. The number of pyridine rings is 1. The van der Waals surface area contributed by atoms with Gasteiger partial charge in [-0.25, -0.2) is 4.98 Å². The lowest BCUT2D eigenvalue weighted by atomic mass is 9.96. The largest absolute Gasteiger partial charge is 0.340 e. The number of aromatic nitrogens is 1. The van der Waals surface area contributed by atoms with Gasteiger partial charge in [-0.1, -0.05) is 37.6 Å². The zero-order valence-electron chi connectivity index (χ0n) is 12.6. The van der Waals surface area contributed by atoms with Crippen LogP contribution in [0.25, 0.3) is 0 Å². The molecule has 110 valence electrons. The first-order valence-corrected chi connectivity index (χ1v) is 7.89. The van der Waals surface area contributed by atoms with E-state index in [1.54, 1.807) is 0 Å². The highest BCUT2D eigenvalue weighted by Gasteiger charge is 2.22. The fourth-order valence-corrected chi connectivity index (χ4v) is 3.09. The fraction of sp³-hybridized carbons (Fsp3) is 0.389. The van der Waals surface area contributed by atoms with Gasteiger partial charge in [0.05, 0.1) is 0 Å². The molecule has 2 heterocycles. The Bertz CT molecular complexity index is 550. The lowest BCUT2D eigenvalue weighted by Crippen LogP contribution is -2.33. The summed E-state index contributed by atoms with van der Waals surface area (Å²) in [6.07, 6.45) is 5.93. The highest BCUT2D eigenvalue weighted by Crippen LogP contribution is 2.30. The number of hydrogen-bond donors (Lipinski definition) is 1. The minimum Gasteiger partial charge on any atom is -0.340 e. The molecule has 1 aromatic heterocycles. The number of para-hydroxylation sites is 1. The molecule has 0 aliphatic carbocycles. The van der Waals surface area contributed by atoms with E-state index in [-0.39, 0.29) is 0 Å². The van der Waals surface area contributed by atoms with E-state index in [9.17, 15) is 0 Å². The third-order valence-corrected chi connectivity index (χ3v) is 4.24. The molecular formula is C18H23N3. The third-order valence-electron chi connectivity index (χ3n) is 4.24. The zero-order chi connectivity index (χ0) is 14.5. The van der Waals surface area contributed by atoms with E-state index in [0.29, 0.717) is 6.04 Å². The maximum absolute atomic E-state index is 4.58. The molecule has 3 heteroatoms. The van der Waals surface area contributed by atoms with Crippen molar-refractivity contribution < 1.29 is 0 Å². The van der Waals surface area contributed by atoms with Gasteiger partial charge < -0.3 is 5.32 Å². The van der Waals surface area contributed by atoms with Gasteiger partial charge in [0.25, 0.3) is 0 Å². The van der Waals surface area contributed by atoms with Crippen molar-refractivity contribution in [1.82, 2.24) is 9.88 Å². The monoisotopic (exact) mass is 281 g/mol. The van der Waals surface area contributed by atoms with Gasteiger partial charge in [0.1, 0.15) is 5.82 Å². The summed E-state index contributed by atoms with van der Waals surface area (Å²) < 4.78 is 0. The Hall–Kier alpha value is -1.87. The average Bonchev–Trinajstić information content (AvgIpc) is 2.56. The maximum atomic E-state index is 4.58. The smallest absolute Gasteiger partial charge is 0.130 e. The van der Waals surface area contributed by atoms with Crippen LogP contribution in [0.5, 0.6) is 0 Å². The molecule has 21 heavy (non-hydrogen) atoms. The Morgan fingerprint density at radius 3 is 2.71 bits per heavy atom. The number of rotatable bonds is 4. The summed E-state index contributed by atoms with van der Waals surface area (Å²) >= 11 is 0. The molecule has 0 spiro atoms.